The average Bonchev–Trinajstić information content (AvgIpc) is 3.21. The molecule has 0 spiro atoms. The molecule has 152 valence electrons. The van der Waals surface area contributed by atoms with E-state index >= 15 is 0 Å². The van der Waals surface area contributed by atoms with Crippen molar-refractivity contribution in [1.82, 2.24) is 19.9 Å². The van der Waals surface area contributed by atoms with Crippen molar-refractivity contribution in [2.75, 3.05) is 38.3 Å². The van der Waals surface area contributed by atoms with Crippen LogP contribution in [0.25, 0.3) is 5.65 Å². The smallest absolute Gasteiger partial charge is 0.231 e. The summed E-state index contributed by atoms with van der Waals surface area (Å²) in [6, 6.07) is 13.3. The van der Waals surface area contributed by atoms with Crippen LogP contribution in [-0.4, -0.2) is 53.9 Å². The lowest BCUT2D eigenvalue weighted by Crippen LogP contribution is -2.42. The summed E-state index contributed by atoms with van der Waals surface area (Å²) < 4.78 is 12.9. The summed E-state index contributed by atoms with van der Waals surface area (Å²) >= 11 is 0. The molecular weight excluding hydrogens is 370 g/mol. The molecule has 0 atom stereocenters. The highest BCUT2D eigenvalue weighted by Crippen LogP contribution is 2.25. The molecule has 1 saturated heterocycles. The molecular formula is C21H25N5O3. The van der Waals surface area contributed by atoms with Crippen molar-refractivity contribution in [2.24, 2.45) is 5.92 Å². The summed E-state index contributed by atoms with van der Waals surface area (Å²) in [5.74, 6) is 2.30. The van der Waals surface area contributed by atoms with Gasteiger partial charge in [0.1, 0.15) is 6.61 Å². The zero-order chi connectivity index (χ0) is 20.1. The van der Waals surface area contributed by atoms with E-state index in [2.05, 4.69) is 20.4 Å². The van der Waals surface area contributed by atoms with E-state index in [1.54, 1.807) is 7.11 Å². The Labute approximate surface area is 169 Å². The Morgan fingerprint density at radius 2 is 1.86 bits per heavy atom. The summed E-state index contributed by atoms with van der Waals surface area (Å²) in [7, 11) is 1.61. The van der Waals surface area contributed by atoms with Crippen molar-refractivity contribution in [1.29, 1.82) is 0 Å². The van der Waals surface area contributed by atoms with Gasteiger partial charge in [0.15, 0.2) is 17.1 Å². The minimum atomic E-state index is 0.0108. The van der Waals surface area contributed by atoms with Crippen LogP contribution < -0.4 is 19.7 Å². The minimum Gasteiger partial charge on any atom is -0.493 e. The molecule has 1 aromatic carbocycles. The van der Waals surface area contributed by atoms with E-state index in [1.165, 1.54) is 0 Å². The highest BCUT2D eigenvalue weighted by molar-refractivity contribution is 5.78. The third-order valence-corrected chi connectivity index (χ3v) is 5.17. The molecule has 8 nitrogen and oxygen atoms in total. The van der Waals surface area contributed by atoms with Crippen molar-refractivity contribution in [3.05, 3.63) is 48.7 Å². The van der Waals surface area contributed by atoms with Crippen molar-refractivity contribution in [3.63, 3.8) is 0 Å². The maximum absolute atomic E-state index is 12.5. The molecule has 4 rings (SSSR count). The van der Waals surface area contributed by atoms with Crippen LogP contribution in [0.4, 0.5) is 5.95 Å². The molecule has 1 fully saturated rings. The molecule has 1 aliphatic rings. The lowest BCUT2D eigenvalue weighted by molar-refractivity contribution is -0.125. The Kier molecular flexibility index (Phi) is 5.79. The fourth-order valence-electron chi connectivity index (χ4n) is 3.60. The van der Waals surface area contributed by atoms with Gasteiger partial charge in [-0.1, -0.05) is 18.2 Å². The second-order valence-electron chi connectivity index (χ2n) is 6.98. The lowest BCUT2D eigenvalue weighted by Gasteiger charge is -2.31. The molecule has 0 bridgehead atoms. The molecule has 0 aliphatic carbocycles. The number of nitrogens with one attached hydrogen (secondary N) is 1. The van der Waals surface area contributed by atoms with E-state index in [4.69, 9.17) is 9.47 Å². The number of benzene rings is 1. The van der Waals surface area contributed by atoms with Crippen molar-refractivity contribution >= 4 is 17.5 Å². The maximum atomic E-state index is 12.5. The maximum Gasteiger partial charge on any atom is 0.231 e. The Bertz CT molecular complexity index is 966. The number of rotatable bonds is 7. The van der Waals surface area contributed by atoms with Gasteiger partial charge in [0, 0.05) is 25.2 Å². The van der Waals surface area contributed by atoms with Crippen LogP contribution in [0.2, 0.25) is 0 Å². The van der Waals surface area contributed by atoms with E-state index in [9.17, 15) is 4.79 Å². The van der Waals surface area contributed by atoms with Gasteiger partial charge in [0.2, 0.25) is 11.9 Å². The summed E-state index contributed by atoms with van der Waals surface area (Å²) in [5, 5.41) is 11.5. The van der Waals surface area contributed by atoms with Crippen LogP contribution in [0.15, 0.2) is 48.7 Å². The standard InChI is InChI=1S/C21H25N5O3/c1-28-17-6-2-3-7-18(17)29-15-11-22-20(27)16-9-13-25(14-10-16)21-24-23-19-8-4-5-12-26(19)21/h2-8,12,16H,9-11,13-15H2,1H3,(H,22,27). The topological polar surface area (TPSA) is 81.0 Å². The highest BCUT2D eigenvalue weighted by atomic mass is 16.5. The monoisotopic (exact) mass is 395 g/mol. The second kappa shape index (κ2) is 8.81. The van der Waals surface area contributed by atoms with Gasteiger partial charge in [-0.3, -0.25) is 9.20 Å². The zero-order valence-corrected chi connectivity index (χ0v) is 16.5. The van der Waals surface area contributed by atoms with Gasteiger partial charge in [-0.05, 0) is 37.1 Å². The molecule has 3 aromatic rings. The fraction of sp³-hybridized carbons (Fsp3) is 0.381. The number of ether oxygens (including phenoxy) is 2. The molecule has 1 aliphatic heterocycles. The summed E-state index contributed by atoms with van der Waals surface area (Å²) in [6.45, 7) is 2.43. The summed E-state index contributed by atoms with van der Waals surface area (Å²) in [5.41, 5.74) is 0.831. The second-order valence-corrected chi connectivity index (χ2v) is 6.98. The number of hydrogen-bond acceptors (Lipinski definition) is 6. The molecule has 1 N–H and O–H groups in total. The number of para-hydroxylation sites is 2. The van der Waals surface area contributed by atoms with E-state index in [1.807, 2.05) is 53.1 Å². The molecule has 0 unspecified atom stereocenters. The number of carbonyl (C=O) groups excluding carboxylic acids is 1. The van der Waals surface area contributed by atoms with E-state index in [0.29, 0.717) is 24.7 Å². The summed E-state index contributed by atoms with van der Waals surface area (Å²) in [4.78, 5) is 14.7. The van der Waals surface area contributed by atoms with Gasteiger partial charge in [0.05, 0.1) is 13.7 Å². The number of pyridine rings is 1. The normalized spacial score (nSPS) is 14.7. The SMILES string of the molecule is COc1ccccc1OCCNC(=O)C1CCN(c2nnc3ccccn23)CC1. The average molecular weight is 395 g/mol. The predicted molar refractivity (Wildman–Crippen MR) is 109 cm³/mol. The predicted octanol–water partition coefficient (Wildman–Crippen LogP) is 2.15. The number of anilines is 1. The molecule has 0 radical (unpaired) electrons. The first kappa shape index (κ1) is 19.0. The third kappa shape index (κ3) is 4.26. The van der Waals surface area contributed by atoms with E-state index in [-0.39, 0.29) is 11.8 Å². The van der Waals surface area contributed by atoms with Crippen LogP contribution in [0, 0.1) is 5.92 Å². The van der Waals surface area contributed by atoms with E-state index < -0.39 is 0 Å². The number of amides is 1. The first-order valence-electron chi connectivity index (χ1n) is 9.84. The zero-order valence-electron chi connectivity index (χ0n) is 16.5. The molecule has 8 heteroatoms. The number of fused-ring (bicyclic) bond motifs is 1. The number of methoxy groups -OCH3 is 1. The van der Waals surface area contributed by atoms with Crippen LogP contribution in [-0.2, 0) is 4.79 Å². The molecule has 1 amide bonds. The third-order valence-electron chi connectivity index (χ3n) is 5.17. The number of piperidine rings is 1. The number of hydrogen-bond donors (Lipinski definition) is 1. The lowest BCUT2D eigenvalue weighted by atomic mass is 9.96. The first-order chi connectivity index (χ1) is 14.3. The van der Waals surface area contributed by atoms with Gasteiger partial charge in [-0.2, -0.15) is 0 Å². The van der Waals surface area contributed by atoms with Crippen molar-refractivity contribution in [2.45, 2.75) is 12.8 Å². The Balaban J connectivity index is 1.23. The Morgan fingerprint density at radius 3 is 2.66 bits per heavy atom. The van der Waals surface area contributed by atoms with Crippen molar-refractivity contribution < 1.29 is 14.3 Å². The van der Waals surface area contributed by atoms with Crippen molar-refractivity contribution in [3.8, 4) is 11.5 Å². The fourth-order valence-corrected chi connectivity index (χ4v) is 3.60. The van der Waals surface area contributed by atoms with Gasteiger partial charge in [-0.15, -0.1) is 10.2 Å². The Hall–Kier alpha value is -3.29. The number of aromatic nitrogens is 3. The van der Waals surface area contributed by atoms with Crippen LogP contribution in [0.5, 0.6) is 11.5 Å². The van der Waals surface area contributed by atoms with Gasteiger partial charge >= 0.3 is 0 Å². The summed E-state index contributed by atoms with van der Waals surface area (Å²) in [6.07, 6.45) is 3.55. The number of carbonyl (C=O) groups is 1. The highest BCUT2D eigenvalue weighted by Gasteiger charge is 2.26. The quantitative estimate of drug-likeness (QED) is 0.618. The molecule has 29 heavy (non-hydrogen) atoms. The van der Waals surface area contributed by atoms with E-state index in [0.717, 1.165) is 37.5 Å². The van der Waals surface area contributed by atoms with Crippen LogP contribution >= 0.6 is 0 Å². The molecule has 3 heterocycles. The number of nitrogens with zero attached hydrogens (tertiary/aromatic N) is 4. The van der Waals surface area contributed by atoms with Crippen LogP contribution in [0.3, 0.4) is 0 Å². The Morgan fingerprint density at radius 1 is 1.10 bits per heavy atom. The van der Waals surface area contributed by atoms with Gasteiger partial charge < -0.3 is 19.7 Å². The first-order valence-corrected chi connectivity index (χ1v) is 9.84. The van der Waals surface area contributed by atoms with Crippen LogP contribution in [0.1, 0.15) is 12.8 Å². The minimum absolute atomic E-state index is 0.0108. The van der Waals surface area contributed by atoms with Gasteiger partial charge in [-0.25, -0.2) is 0 Å². The largest absolute Gasteiger partial charge is 0.493 e. The molecule has 2 aromatic heterocycles. The molecule has 0 saturated carbocycles. The van der Waals surface area contributed by atoms with Gasteiger partial charge in [0.25, 0.3) is 0 Å².